The lowest BCUT2D eigenvalue weighted by Crippen LogP contribution is -2.25. The van der Waals surface area contributed by atoms with E-state index in [1.165, 1.54) is 7.11 Å². The number of hydrogen-bond donors (Lipinski definition) is 2. The van der Waals surface area contributed by atoms with E-state index in [2.05, 4.69) is 15.6 Å². The molecule has 0 saturated carbocycles. The number of carbonyl (C=O) groups excluding carboxylic acids is 2. The van der Waals surface area contributed by atoms with Gasteiger partial charge in [-0.2, -0.15) is 0 Å². The molecule has 9 heteroatoms. The predicted molar refractivity (Wildman–Crippen MR) is 126 cm³/mol. The molecule has 0 spiro atoms. The molecule has 0 aliphatic heterocycles. The van der Waals surface area contributed by atoms with Crippen LogP contribution in [0.3, 0.4) is 0 Å². The van der Waals surface area contributed by atoms with Crippen molar-refractivity contribution in [2.24, 2.45) is 7.05 Å². The molecule has 0 saturated heterocycles. The molecule has 9 nitrogen and oxygen atoms in total. The van der Waals surface area contributed by atoms with Crippen LogP contribution in [0.15, 0.2) is 61.2 Å². The van der Waals surface area contributed by atoms with Crippen LogP contribution in [0.4, 0.5) is 5.69 Å². The first-order valence-corrected chi connectivity index (χ1v) is 10.7. The van der Waals surface area contributed by atoms with Crippen molar-refractivity contribution < 1.29 is 14.3 Å². The van der Waals surface area contributed by atoms with Crippen LogP contribution in [0.5, 0.6) is 0 Å². The molecule has 2 heterocycles. The van der Waals surface area contributed by atoms with Crippen LogP contribution in [0, 0.1) is 0 Å². The molecular formula is C24H26N6O3. The molecule has 2 aromatic carbocycles. The number of ether oxygens (including phenoxy) is 1. The van der Waals surface area contributed by atoms with E-state index >= 15 is 0 Å². The van der Waals surface area contributed by atoms with Gasteiger partial charge in [-0.15, -0.1) is 0 Å². The highest BCUT2D eigenvalue weighted by Crippen LogP contribution is 2.30. The van der Waals surface area contributed by atoms with Gasteiger partial charge in [0.05, 0.1) is 23.0 Å². The van der Waals surface area contributed by atoms with Gasteiger partial charge in [-0.25, -0.2) is 9.97 Å². The number of imidazole rings is 2. The first-order valence-electron chi connectivity index (χ1n) is 10.7. The minimum Gasteiger partial charge on any atom is -0.375 e. The van der Waals surface area contributed by atoms with Crippen molar-refractivity contribution in [2.75, 3.05) is 25.6 Å². The fourth-order valence-electron chi connectivity index (χ4n) is 3.73. The molecule has 0 radical (unpaired) electrons. The Morgan fingerprint density at radius 2 is 1.97 bits per heavy atom. The molecule has 0 aliphatic rings. The monoisotopic (exact) mass is 446 g/mol. The van der Waals surface area contributed by atoms with Crippen LogP contribution in [0.25, 0.3) is 22.4 Å². The van der Waals surface area contributed by atoms with Crippen LogP contribution in [0.1, 0.15) is 16.8 Å². The fraction of sp³-hybridized carbons (Fsp3) is 0.250. The number of nitrogens with zero attached hydrogens (tertiary/aromatic N) is 4. The van der Waals surface area contributed by atoms with Gasteiger partial charge in [-0.1, -0.05) is 30.3 Å². The summed E-state index contributed by atoms with van der Waals surface area (Å²) in [5.41, 5.74) is 3.23. The Labute approximate surface area is 191 Å². The van der Waals surface area contributed by atoms with Crippen LogP contribution < -0.4 is 10.6 Å². The molecule has 33 heavy (non-hydrogen) atoms. The summed E-state index contributed by atoms with van der Waals surface area (Å²) in [5, 5.41) is 5.80. The highest BCUT2D eigenvalue weighted by Gasteiger charge is 2.18. The number of carbonyl (C=O) groups is 2. The third kappa shape index (κ3) is 5.09. The van der Waals surface area contributed by atoms with Gasteiger partial charge in [0.25, 0.3) is 5.91 Å². The number of anilines is 1. The second-order valence-electron chi connectivity index (χ2n) is 7.64. The third-order valence-corrected chi connectivity index (χ3v) is 5.25. The van der Waals surface area contributed by atoms with Crippen molar-refractivity contribution in [1.29, 1.82) is 0 Å². The van der Waals surface area contributed by atoms with E-state index in [1.54, 1.807) is 24.7 Å². The van der Waals surface area contributed by atoms with Gasteiger partial charge in [0, 0.05) is 50.8 Å². The van der Waals surface area contributed by atoms with Gasteiger partial charge in [-0.3, -0.25) is 9.59 Å². The summed E-state index contributed by atoms with van der Waals surface area (Å²) in [6.07, 6.45) is 6.12. The minimum absolute atomic E-state index is 0.0877. The lowest BCUT2D eigenvalue weighted by molar-refractivity contribution is -0.119. The zero-order valence-corrected chi connectivity index (χ0v) is 18.6. The lowest BCUT2D eigenvalue weighted by atomic mass is 10.1. The third-order valence-electron chi connectivity index (χ3n) is 5.25. The van der Waals surface area contributed by atoms with E-state index in [0.717, 1.165) is 29.9 Å². The molecule has 2 aromatic heterocycles. The summed E-state index contributed by atoms with van der Waals surface area (Å²) < 4.78 is 8.82. The number of nitrogens with one attached hydrogen (secondary N) is 2. The predicted octanol–water partition coefficient (Wildman–Crippen LogP) is 2.84. The highest BCUT2D eigenvalue weighted by atomic mass is 16.5. The average Bonchev–Trinajstić information content (AvgIpc) is 3.45. The summed E-state index contributed by atoms with van der Waals surface area (Å²) in [6, 6.07) is 13.2. The van der Waals surface area contributed by atoms with E-state index in [-0.39, 0.29) is 18.4 Å². The first kappa shape index (κ1) is 22.2. The molecule has 2 N–H and O–H groups in total. The zero-order chi connectivity index (χ0) is 23.2. The molecule has 0 bridgehead atoms. The van der Waals surface area contributed by atoms with Gasteiger partial charge in [0.2, 0.25) is 5.91 Å². The van der Waals surface area contributed by atoms with Crippen LogP contribution >= 0.6 is 0 Å². The van der Waals surface area contributed by atoms with Crippen molar-refractivity contribution >= 4 is 28.5 Å². The summed E-state index contributed by atoms with van der Waals surface area (Å²) in [4.78, 5) is 33.9. The Kier molecular flexibility index (Phi) is 6.80. The van der Waals surface area contributed by atoms with Crippen LogP contribution in [0.2, 0.25) is 0 Å². The van der Waals surface area contributed by atoms with Crippen molar-refractivity contribution in [3.63, 3.8) is 0 Å². The SMILES string of the molecule is COCC(=O)Nc1cc(C(=O)NCCCn2ccnc2)cc2nc(-c3ccccc3)n(C)c12. The number of methoxy groups -OCH3 is 1. The Morgan fingerprint density at radius 3 is 2.70 bits per heavy atom. The highest BCUT2D eigenvalue weighted by molar-refractivity contribution is 6.06. The molecule has 4 rings (SSSR count). The number of aryl methyl sites for hydroxylation is 2. The molecule has 0 fully saturated rings. The maximum absolute atomic E-state index is 12.9. The Hall–Kier alpha value is -3.98. The van der Waals surface area contributed by atoms with Crippen molar-refractivity contribution in [3.05, 3.63) is 66.7 Å². The summed E-state index contributed by atoms with van der Waals surface area (Å²) in [5.74, 6) is 0.210. The maximum Gasteiger partial charge on any atom is 0.251 e. The summed E-state index contributed by atoms with van der Waals surface area (Å²) in [7, 11) is 3.35. The maximum atomic E-state index is 12.9. The quantitative estimate of drug-likeness (QED) is 0.385. The van der Waals surface area contributed by atoms with E-state index in [1.807, 2.05) is 52.7 Å². The second-order valence-corrected chi connectivity index (χ2v) is 7.64. The number of hydrogen-bond acceptors (Lipinski definition) is 5. The number of fused-ring (bicyclic) bond motifs is 1. The van der Waals surface area contributed by atoms with E-state index in [0.29, 0.717) is 23.3 Å². The number of rotatable bonds is 9. The molecular weight excluding hydrogens is 420 g/mol. The van der Waals surface area contributed by atoms with Gasteiger partial charge >= 0.3 is 0 Å². The van der Waals surface area contributed by atoms with Gasteiger partial charge < -0.3 is 24.5 Å². The zero-order valence-electron chi connectivity index (χ0n) is 18.6. The van der Waals surface area contributed by atoms with Crippen molar-refractivity contribution in [3.8, 4) is 11.4 Å². The molecule has 0 unspecified atom stereocenters. The van der Waals surface area contributed by atoms with Gasteiger partial charge in [-0.05, 0) is 18.6 Å². The Balaban J connectivity index is 1.62. The Morgan fingerprint density at radius 1 is 1.15 bits per heavy atom. The second kappa shape index (κ2) is 10.1. The molecule has 2 amide bonds. The summed E-state index contributed by atoms with van der Waals surface area (Å²) >= 11 is 0. The normalized spacial score (nSPS) is 11.0. The van der Waals surface area contributed by atoms with E-state index < -0.39 is 0 Å². The average molecular weight is 447 g/mol. The number of amides is 2. The van der Waals surface area contributed by atoms with Crippen LogP contribution in [-0.2, 0) is 23.1 Å². The smallest absolute Gasteiger partial charge is 0.251 e. The fourth-order valence-corrected chi connectivity index (χ4v) is 3.73. The topological polar surface area (TPSA) is 103 Å². The first-order chi connectivity index (χ1) is 16.1. The lowest BCUT2D eigenvalue weighted by Gasteiger charge is -2.11. The van der Waals surface area contributed by atoms with Gasteiger partial charge in [0.15, 0.2) is 0 Å². The molecule has 0 atom stereocenters. The van der Waals surface area contributed by atoms with Crippen molar-refractivity contribution in [1.82, 2.24) is 24.4 Å². The molecule has 4 aromatic rings. The Bertz CT molecular complexity index is 1250. The number of aromatic nitrogens is 4. The van der Waals surface area contributed by atoms with Gasteiger partial charge in [0.1, 0.15) is 12.4 Å². The minimum atomic E-state index is -0.306. The van der Waals surface area contributed by atoms with E-state index in [9.17, 15) is 9.59 Å². The molecule has 170 valence electrons. The van der Waals surface area contributed by atoms with Crippen molar-refractivity contribution in [2.45, 2.75) is 13.0 Å². The van der Waals surface area contributed by atoms with Crippen LogP contribution in [-0.4, -0.2) is 51.2 Å². The summed E-state index contributed by atoms with van der Waals surface area (Å²) in [6.45, 7) is 1.19. The molecule has 0 aliphatic carbocycles. The number of benzene rings is 2. The standard InChI is InChI=1S/C24H26N6O3/c1-29-22-19(27-21(31)15-33-2)13-18(24(32)26-9-6-11-30-12-10-25-16-30)14-20(22)28-23(29)17-7-4-3-5-8-17/h3-5,7-8,10,12-14,16H,6,9,11,15H2,1-2H3,(H,26,32)(H,27,31). The van der Waals surface area contributed by atoms with E-state index in [4.69, 9.17) is 9.72 Å². The largest absolute Gasteiger partial charge is 0.375 e.